The third kappa shape index (κ3) is 3.66. The molecule has 2 aromatic rings. The first kappa shape index (κ1) is 22.9. The van der Waals surface area contributed by atoms with Crippen molar-refractivity contribution in [3.63, 3.8) is 0 Å². The van der Waals surface area contributed by atoms with Gasteiger partial charge >= 0.3 is 12.3 Å². The zero-order valence-corrected chi connectivity index (χ0v) is 18.2. The van der Waals surface area contributed by atoms with Crippen molar-refractivity contribution in [3.8, 4) is 0 Å². The quantitative estimate of drug-likeness (QED) is 0.384. The predicted octanol–water partition coefficient (Wildman–Crippen LogP) is 6.39. The van der Waals surface area contributed by atoms with Gasteiger partial charge in [-0.2, -0.15) is 13.2 Å². The maximum Gasteiger partial charge on any atom is 0.435 e. The van der Waals surface area contributed by atoms with Gasteiger partial charge in [-0.1, -0.05) is 64.2 Å². The van der Waals surface area contributed by atoms with Crippen molar-refractivity contribution >= 4 is 46.6 Å². The van der Waals surface area contributed by atoms with Crippen LogP contribution in [-0.2, 0) is 16.1 Å². The summed E-state index contributed by atoms with van der Waals surface area (Å²) in [4.78, 5) is 16.7. The van der Waals surface area contributed by atoms with Crippen LogP contribution in [0.5, 0.6) is 0 Å². The zero-order chi connectivity index (χ0) is 23.5. The summed E-state index contributed by atoms with van der Waals surface area (Å²) in [6.45, 7) is -0.637. The summed E-state index contributed by atoms with van der Waals surface area (Å²) in [6.07, 6.45) is -6.76. The third-order valence-corrected chi connectivity index (χ3v) is 6.72. The average Bonchev–Trinajstić information content (AvgIpc) is 3.16. The molecule has 2 aliphatic rings. The maximum atomic E-state index is 14.8. The Kier molecular flexibility index (Phi) is 5.50. The number of rotatable bonds is 3. The standard InChI is InChI=1S/C20H13Cl3F4N2O3/c21-13-5-12(6-14(22)16(13)23)19(20(25,26)27)7-15(28-32-19)10-1-3-11(4-2-10)18(24)8-29(9-18)17(30)31/h1-6H,7-9H2,(H,30,31). The molecule has 2 aromatic carbocycles. The molecule has 5 nitrogen and oxygen atoms in total. The first-order valence-electron chi connectivity index (χ1n) is 9.11. The number of alkyl halides is 4. The summed E-state index contributed by atoms with van der Waals surface area (Å²) < 4.78 is 57.2. The molecule has 0 spiro atoms. The zero-order valence-electron chi connectivity index (χ0n) is 15.9. The minimum absolute atomic E-state index is 0.00949. The second-order valence-corrected chi connectivity index (χ2v) is 8.76. The van der Waals surface area contributed by atoms with Gasteiger partial charge in [0.1, 0.15) is 0 Å². The van der Waals surface area contributed by atoms with Gasteiger partial charge in [0, 0.05) is 12.0 Å². The number of hydrogen-bond acceptors (Lipinski definition) is 3. The molecule has 1 atom stereocenters. The van der Waals surface area contributed by atoms with Gasteiger partial charge in [0.05, 0.1) is 33.9 Å². The molecule has 1 fully saturated rings. The molecule has 2 heterocycles. The second kappa shape index (κ2) is 7.67. The van der Waals surface area contributed by atoms with Crippen LogP contribution >= 0.6 is 34.8 Å². The first-order chi connectivity index (χ1) is 14.9. The Morgan fingerprint density at radius 3 is 2.12 bits per heavy atom. The van der Waals surface area contributed by atoms with Gasteiger partial charge in [-0.15, -0.1) is 0 Å². The van der Waals surface area contributed by atoms with Crippen LogP contribution in [0.2, 0.25) is 15.1 Å². The molecule has 2 aliphatic heterocycles. The molecule has 32 heavy (non-hydrogen) atoms. The van der Waals surface area contributed by atoms with E-state index in [-0.39, 0.29) is 45.0 Å². The van der Waals surface area contributed by atoms with E-state index in [0.717, 1.165) is 17.0 Å². The van der Waals surface area contributed by atoms with Crippen LogP contribution in [0.15, 0.2) is 41.6 Å². The summed E-state index contributed by atoms with van der Waals surface area (Å²) in [5, 5.41) is 12.1. The van der Waals surface area contributed by atoms with Gasteiger partial charge in [-0.3, -0.25) is 0 Å². The predicted molar refractivity (Wildman–Crippen MR) is 110 cm³/mol. The fraction of sp³-hybridized carbons (Fsp3) is 0.300. The van der Waals surface area contributed by atoms with Gasteiger partial charge in [0.25, 0.3) is 5.60 Å². The van der Waals surface area contributed by atoms with Gasteiger partial charge < -0.3 is 14.8 Å². The Labute approximate surface area is 194 Å². The number of amides is 1. The van der Waals surface area contributed by atoms with Crippen molar-refractivity contribution in [1.82, 2.24) is 4.90 Å². The lowest BCUT2D eigenvalue weighted by atomic mass is 9.85. The van der Waals surface area contributed by atoms with E-state index < -0.39 is 30.0 Å². The summed E-state index contributed by atoms with van der Waals surface area (Å²) in [6, 6.07) is 7.67. The summed E-state index contributed by atoms with van der Waals surface area (Å²) >= 11 is 17.7. The molecule has 1 saturated heterocycles. The lowest BCUT2D eigenvalue weighted by molar-refractivity contribution is -0.275. The smallest absolute Gasteiger partial charge is 0.435 e. The van der Waals surface area contributed by atoms with E-state index >= 15 is 0 Å². The SMILES string of the molecule is O=C(O)N1CC(F)(c2ccc(C3=NOC(c4cc(Cl)c(Cl)c(Cl)c4)(C(F)(F)F)C3)cc2)C1. The number of carboxylic acid groups (broad SMARTS) is 1. The molecule has 0 radical (unpaired) electrons. The average molecular weight is 512 g/mol. The van der Waals surface area contributed by atoms with Crippen molar-refractivity contribution in [2.75, 3.05) is 13.1 Å². The highest BCUT2D eigenvalue weighted by atomic mass is 35.5. The Bertz CT molecular complexity index is 1100. The molecule has 0 aromatic heterocycles. The Morgan fingerprint density at radius 2 is 1.62 bits per heavy atom. The minimum atomic E-state index is -4.87. The van der Waals surface area contributed by atoms with Crippen LogP contribution in [0.4, 0.5) is 22.4 Å². The molecule has 1 unspecified atom stereocenters. The van der Waals surface area contributed by atoms with E-state index in [2.05, 4.69) is 5.16 Å². The summed E-state index contributed by atoms with van der Waals surface area (Å²) in [7, 11) is 0. The molecule has 0 aliphatic carbocycles. The largest absolute Gasteiger partial charge is 0.465 e. The summed E-state index contributed by atoms with van der Waals surface area (Å²) in [5.41, 5.74) is -4.52. The van der Waals surface area contributed by atoms with Crippen LogP contribution in [0, 0.1) is 0 Å². The number of halogens is 7. The molecule has 0 saturated carbocycles. The molecule has 12 heteroatoms. The third-order valence-electron chi connectivity index (χ3n) is 5.53. The fourth-order valence-corrected chi connectivity index (χ4v) is 4.28. The lowest BCUT2D eigenvalue weighted by Crippen LogP contribution is -2.58. The van der Waals surface area contributed by atoms with Crippen LogP contribution in [0.1, 0.15) is 23.1 Å². The molecule has 1 amide bonds. The number of benzene rings is 2. The second-order valence-electron chi connectivity index (χ2n) is 7.57. The Morgan fingerprint density at radius 1 is 1.06 bits per heavy atom. The summed E-state index contributed by atoms with van der Waals surface area (Å²) in [5.74, 6) is 0. The van der Waals surface area contributed by atoms with E-state index in [9.17, 15) is 22.4 Å². The molecule has 4 rings (SSSR count). The van der Waals surface area contributed by atoms with E-state index in [1.54, 1.807) is 0 Å². The number of hydrogen-bond donors (Lipinski definition) is 1. The van der Waals surface area contributed by atoms with Crippen molar-refractivity contribution < 1.29 is 32.3 Å². The van der Waals surface area contributed by atoms with Gasteiger partial charge in [0.2, 0.25) is 0 Å². The van der Waals surface area contributed by atoms with Crippen molar-refractivity contribution in [2.45, 2.75) is 23.9 Å². The van der Waals surface area contributed by atoms with E-state index in [4.69, 9.17) is 44.7 Å². The van der Waals surface area contributed by atoms with E-state index in [0.29, 0.717) is 5.56 Å². The Hall–Kier alpha value is -2.23. The maximum absolute atomic E-state index is 14.8. The van der Waals surface area contributed by atoms with Crippen LogP contribution in [0.3, 0.4) is 0 Å². The lowest BCUT2D eigenvalue weighted by Gasteiger charge is -2.42. The van der Waals surface area contributed by atoms with E-state index in [1.807, 2.05) is 0 Å². The highest BCUT2D eigenvalue weighted by Crippen LogP contribution is 2.50. The Balaban J connectivity index is 1.60. The normalized spacial score (nSPS) is 22.2. The van der Waals surface area contributed by atoms with Gasteiger partial charge in [-0.25, -0.2) is 9.18 Å². The van der Waals surface area contributed by atoms with Crippen molar-refractivity contribution in [3.05, 3.63) is 68.2 Å². The highest BCUT2D eigenvalue weighted by Gasteiger charge is 2.62. The molecule has 170 valence electrons. The molecule has 1 N–H and O–H groups in total. The first-order valence-corrected chi connectivity index (χ1v) is 10.2. The number of likely N-dealkylation sites (tertiary alicyclic amines) is 1. The monoisotopic (exact) mass is 510 g/mol. The topological polar surface area (TPSA) is 62.1 Å². The molecular formula is C20H13Cl3F4N2O3. The van der Waals surface area contributed by atoms with Crippen molar-refractivity contribution in [2.24, 2.45) is 5.16 Å². The van der Waals surface area contributed by atoms with Crippen molar-refractivity contribution in [1.29, 1.82) is 0 Å². The molecular weight excluding hydrogens is 499 g/mol. The fourth-order valence-electron chi connectivity index (χ4n) is 3.69. The number of oxime groups is 1. The van der Waals surface area contributed by atoms with Crippen LogP contribution < -0.4 is 0 Å². The highest BCUT2D eigenvalue weighted by molar-refractivity contribution is 6.48. The van der Waals surface area contributed by atoms with Crippen LogP contribution in [0.25, 0.3) is 0 Å². The van der Waals surface area contributed by atoms with E-state index in [1.165, 1.54) is 24.3 Å². The molecule has 0 bridgehead atoms. The van der Waals surface area contributed by atoms with Gasteiger partial charge in [0.15, 0.2) is 5.67 Å². The number of nitrogens with zero attached hydrogens (tertiary/aromatic N) is 2. The number of carbonyl (C=O) groups is 1. The van der Waals surface area contributed by atoms with Crippen LogP contribution in [-0.4, -0.2) is 41.1 Å². The van der Waals surface area contributed by atoms with Gasteiger partial charge in [-0.05, 0) is 23.3 Å². The minimum Gasteiger partial charge on any atom is -0.465 e.